The summed E-state index contributed by atoms with van der Waals surface area (Å²) < 4.78 is 26.9. The van der Waals surface area contributed by atoms with Gasteiger partial charge in [0.25, 0.3) is 0 Å². The molecule has 10 heteroatoms. The van der Waals surface area contributed by atoms with Crippen molar-refractivity contribution in [3.8, 4) is 0 Å². The first-order valence-electron chi connectivity index (χ1n) is 24.0. The maximum atomic E-state index is 12.1. The van der Waals surface area contributed by atoms with E-state index in [-0.39, 0.29) is 38.5 Å². The maximum absolute atomic E-state index is 12.1. The van der Waals surface area contributed by atoms with Crippen LogP contribution in [0.4, 0.5) is 0 Å². The van der Waals surface area contributed by atoms with Crippen LogP contribution in [-0.4, -0.2) is 54.3 Å². The second-order valence-corrected chi connectivity index (χ2v) is 16.4. The van der Waals surface area contributed by atoms with E-state index in [1.54, 1.807) is 6.08 Å². The Morgan fingerprint density at radius 3 is 1.28 bits per heavy atom. The summed E-state index contributed by atoms with van der Waals surface area (Å²) in [5.41, 5.74) is 0. The lowest BCUT2D eigenvalue weighted by molar-refractivity contribution is -0.147. The van der Waals surface area contributed by atoms with Crippen molar-refractivity contribution < 1.29 is 37.9 Å². The number of hydrogen-bond donors (Lipinski definition) is 3. The molecule has 0 saturated carbocycles. The van der Waals surface area contributed by atoms with Crippen LogP contribution in [0.1, 0.15) is 142 Å². The van der Waals surface area contributed by atoms with E-state index in [1.807, 2.05) is 12.2 Å². The molecule has 2 unspecified atom stereocenters. The number of amides is 1. The molecule has 0 rings (SSSR count). The molecular formula is C55H84NO8P. The molecule has 9 nitrogen and oxygen atoms in total. The summed E-state index contributed by atoms with van der Waals surface area (Å²) >= 11 is 0. The lowest BCUT2D eigenvalue weighted by Gasteiger charge is -2.15. The topological polar surface area (TPSA) is 131 Å². The number of allylic oxidation sites excluding steroid dienone is 25. The third-order valence-corrected chi connectivity index (χ3v) is 9.97. The lowest BCUT2D eigenvalue weighted by Crippen LogP contribution is -2.26. The predicted molar refractivity (Wildman–Crippen MR) is 274 cm³/mol. The van der Waals surface area contributed by atoms with Crippen LogP contribution in [0.3, 0.4) is 0 Å². The van der Waals surface area contributed by atoms with Gasteiger partial charge >= 0.3 is 13.8 Å². The fourth-order valence-corrected chi connectivity index (χ4v) is 6.22. The molecule has 0 fully saturated rings. The number of unbranched alkanes of at least 4 members (excludes halogenated alkanes) is 4. The highest BCUT2D eigenvalue weighted by atomic mass is 31.2. The van der Waals surface area contributed by atoms with E-state index in [0.717, 1.165) is 103 Å². The first-order chi connectivity index (χ1) is 31.8. The van der Waals surface area contributed by atoms with Crippen LogP contribution in [0.25, 0.3) is 0 Å². The summed E-state index contributed by atoms with van der Waals surface area (Å²) in [7, 11) is -4.47. The van der Waals surface area contributed by atoms with Gasteiger partial charge in [-0.15, -0.1) is 0 Å². The van der Waals surface area contributed by atoms with E-state index >= 15 is 0 Å². The molecule has 0 radical (unpaired) electrons. The average Bonchev–Trinajstić information content (AvgIpc) is 3.29. The number of aliphatic hydroxyl groups is 1. The van der Waals surface area contributed by atoms with Crippen LogP contribution in [0.2, 0.25) is 0 Å². The minimum absolute atomic E-state index is 0.0103. The monoisotopic (exact) mass is 918 g/mol. The van der Waals surface area contributed by atoms with E-state index in [4.69, 9.17) is 13.8 Å². The van der Waals surface area contributed by atoms with Gasteiger partial charge in [-0.3, -0.25) is 18.6 Å². The molecule has 0 aliphatic heterocycles. The Kier molecular flexibility index (Phi) is 45.8. The van der Waals surface area contributed by atoms with Gasteiger partial charge in [-0.2, -0.15) is 0 Å². The summed E-state index contributed by atoms with van der Waals surface area (Å²) in [5, 5.41) is 12.6. The van der Waals surface area contributed by atoms with Crippen LogP contribution in [-0.2, 0) is 27.9 Å². The largest absolute Gasteiger partial charge is 0.472 e. The summed E-state index contributed by atoms with van der Waals surface area (Å²) in [6.45, 7) is 3.13. The van der Waals surface area contributed by atoms with Gasteiger partial charge in [0, 0.05) is 19.4 Å². The third-order valence-electron chi connectivity index (χ3n) is 8.98. The number of phosphoric acid groups is 1. The van der Waals surface area contributed by atoms with Gasteiger partial charge in [-0.25, -0.2) is 4.57 Å². The Balaban J connectivity index is 3.80. The molecule has 0 aromatic heterocycles. The van der Waals surface area contributed by atoms with Gasteiger partial charge in [0.05, 0.1) is 13.2 Å². The van der Waals surface area contributed by atoms with Crippen LogP contribution >= 0.6 is 7.82 Å². The van der Waals surface area contributed by atoms with Crippen molar-refractivity contribution >= 4 is 19.7 Å². The summed E-state index contributed by atoms with van der Waals surface area (Å²) in [4.78, 5) is 34.0. The molecule has 0 aromatic carbocycles. The molecule has 2 atom stereocenters. The Morgan fingerprint density at radius 2 is 0.862 bits per heavy atom. The van der Waals surface area contributed by atoms with E-state index < -0.39 is 26.5 Å². The van der Waals surface area contributed by atoms with Gasteiger partial charge in [0.15, 0.2) is 0 Å². The minimum Gasteiger partial charge on any atom is -0.463 e. The molecule has 362 valence electrons. The number of hydrogen-bond acceptors (Lipinski definition) is 7. The van der Waals surface area contributed by atoms with Crippen molar-refractivity contribution in [2.24, 2.45) is 0 Å². The molecule has 65 heavy (non-hydrogen) atoms. The van der Waals surface area contributed by atoms with Gasteiger partial charge < -0.3 is 20.1 Å². The molecule has 0 bridgehead atoms. The van der Waals surface area contributed by atoms with Crippen molar-refractivity contribution in [3.63, 3.8) is 0 Å². The first-order valence-corrected chi connectivity index (χ1v) is 25.5. The van der Waals surface area contributed by atoms with Gasteiger partial charge in [-0.1, -0.05) is 185 Å². The van der Waals surface area contributed by atoms with Gasteiger partial charge in [-0.05, 0) is 103 Å². The van der Waals surface area contributed by atoms with Gasteiger partial charge in [0.2, 0.25) is 5.91 Å². The third kappa shape index (κ3) is 50.5. The summed E-state index contributed by atoms with van der Waals surface area (Å²) in [5.74, 6) is -0.691. The lowest BCUT2D eigenvalue weighted by atomic mass is 10.1. The molecule has 1 amide bonds. The Morgan fingerprint density at radius 1 is 0.492 bits per heavy atom. The number of aliphatic hydroxyl groups excluding tert-OH is 1. The second-order valence-electron chi connectivity index (χ2n) is 15.0. The fraction of sp³-hybridized carbons (Fsp3) is 0.491. The van der Waals surface area contributed by atoms with Crippen molar-refractivity contribution in [2.45, 2.75) is 148 Å². The highest BCUT2D eigenvalue weighted by Gasteiger charge is 2.23. The van der Waals surface area contributed by atoms with Crippen LogP contribution < -0.4 is 5.32 Å². The van der Waals surface area contributed by atoms with Crippen LogP contribution in [0.5, 0.6) is 0 Å². The molecular weight excluding hydrogens is 834 g/mol. The predicted octanol–water partition coefficient (Wildman–Crippen LogP) is 14.2. The molecule has 0 aromatic rings. The van der Waals surface area contributed by atoms with Crippen LogP contribution in [0, 0.1) is 0 Å². The summed E-state index contributed by atoms with van der Waals surface area (Å²) in [6.07, 6.45) is 72.0. The second kappa shape index (κ2) is 49.1. The SMILES string of the molecule is CC/C=C\C/C=C\C/C=C\C/C=C\C/C=C\C/C=C\C/C=C\CC(=O)NCCOP(=O)(O)OCC(O)COC(=O)CCCCCC/C=C\C/C=C\C/C=C\C/C=C\C/C=C\C/C=C\CC. The quantitative estimate of drug-likeness (QED) is 0.0239. The fourth-order valence-electron chi connectivity index (χ4n) is 5.46. The highest BCUT2D eigenvalue weighted by Crippen LogP contribution is 2.42. The van der Waals surface area contributed by atoms with Crippen molar-refractivity contribution in [2.75, 3.05) is 26.4 Å². The Bertz CT molecular complexity index is 1610. The zero-order valence-electron chi connectivity index (χ0n) is 39.9. The number of nitrogens with one attached hydrogen (secondary N) is 1. The standard InChI is InChI=1S/C55H84NO8P/c1-3-5-7-9-11-13-15-17-19-21-23-25-26-28-30-32-34-36-38-40-42-44-46-48-55(59)62-51-53(57)52-64-65(60,61)63-50-49-56-54(58)47-45-43-41-39-37-35-33-31-29-27-24-22-20-18-16-14-12-10-8-6-4-2/h5-8,11-14,17-20,23-25,27-28,30-31,33-34,36-37,39,43,45,53,57H,3-4,9-10,15-16,21-22,26,29,32,35,38,40-42,44,46-52H2,1-2H3,(H,56,58)(H,60,61)/b7-5-,8-6-,13-11-,14-12-,19-17-,20-18-,25-23-,27-24-,30-28-,33-31-,36-34-,39-37-,45-43-. The molecule has 3 N–H and O–H groups in total. The zero-order valence-corrected chi connectivity index (χ0v) is 40.7. The highest BCUT2D eigenvalue weighted by molar-refractivity contribution is 7.47. The maximum Gasteiger partial charge on any atom is 0.472 e. The first kappa shape index (κ1) is 60.6. The van der Waals surface area contributed by atoms with Crippen LogP contribution in [0.15, 0.2) is 158 Å². The number of esters is 1. The molecule has 0 saturated heterocycles. The van der Waals surface area contributed by atoms with Crippen molar-refractivity contribution in [1.29, 1.82) is 0 Å². The Hall–Kier alpha value is -4.37. The average molecular weight is 918 g/mol. The van der Waals surface area contributed by atoms with Crippen molar-refractivity contribution in [1.82, 2.24) is 5.32 Å². The zero-order chi connectivity index (χ0) is 47.4. The number of carbonyl (C=O) groups excluding carboxylic acids is 2. The number of ether oxygens (including phenoxy) is 1. The van der Waals surface area contributed by atoms with E-state index in [2.05, 4.69) is 159 Å². The van der Waals surface area contributed by atoms with Crippen molar-refractivity contribution in [3.05, 3.63) is 158 Å². The molecule has 0 aliphatic rings. The van der Waals surface area contributed by atoms with Gasteiger partial charge in [0.1, 0.15) is 12.7 Å². The van der Waals surface area contributed by atoms with E-state index in [9.17, 15) is 24.2 Å². The Labute approximate surface area is 394 Å². The number of rotatable bonds is 42. The number of carbonyl (C=O) groups is 2. The van der Waals surface area contributed by atoms with E-state index in [0.29, 0.717) is 12.8 Å². The molecule has 0 heterocycles. The molecule has 0 aliphatic carbocycles. The number of phosphoric ester groups is 1. The van der Waals surface area contributed by atoms with E-state index in [1.165, 1.54) is 0 Å². The summed E-state index contributed by atoms with van der Waals surface area (Å²) in [6, 6.07) is 0. The molecule has 0 spiro atoms. The normalized spacial score (nSPS) is 14.6. The minimum atomic E-state index is -4.47. The smallest absolute Gasteiger partial charge is 0.463 e.